The molecule has 0 atom stereocenters. The molecular weight excluding hydrogens is 196 g/mol. The van der Waals surface area contributed by atoms with Gasteiger partial charge in [0, 0.05) is 25.3 Å². The van der Waals surface area contributed by atoms with E-state index in [4.69, 9.17) is 0 Å². The maximum atomic E-state index is 3.32. The summed E-state index contributed by atoms with van der Waals surface area (Å²) in [4.78, 5) is 2.34. The zero-order valence-electron chi connectivity index (χ0n) is 10.2. The van der Waals surface area contributed by atoms with Crippen molar-refractivity contribution in [1.29, 1.82) is 0 Å². The Morgan fingerprint density at radius 3 is 2.56 bits per heavy atom. The SMILES string of the molecule is CCNc1ccc(C2=CCN(C)CC2)cc1. The van der Waals surface area contributed by atoms with Gasteiger partial charge in [-0.05, 0) is 43.7 Å². The summed E-state index contributed by atoms with van der Waals surface area (Å²) in [6.07, 6.45) is 3.50. The normalized spacial score (nSPS) is 17.0. The molecule has 2 rings (SSSR count). The van der Waals surface area contributed by atoms with Crippen molar-refractivity contribution in [3.63, 3.8) is 0 Å². The van der Waals surface area contributed by atoms with Crippen molar-refractivity contribution in [2.75, 3.05) is 32.0 Å². The van der Waals surface area contributed by atoms with Crippen LogP contribution in [-0.4, -0.2) is 31.6 Å². The summed E-state index contributed by atoms with van der Waals surface area (Å²) in [5, 5.41) is 3.32. The largest absolute Gasteiger partial charge is 0.385 e. The van der Waals surface area contributed by atoms with E-state index in [-0.39, 0.29) is 0 Å². The van der Waals surface area contributed by atoms with Crippen LogP contribution in [0, 0.1) is 0 Å². The van der Waals surface area contributed by atoms with Gasteiger partial charge in [-0.1, -0.05) is 18.2 Å². The Kier molecular flexibility index (Phi) is 3.62. The molecule has 0 saturated heterocycles. The van der Waals surface area contributed by atoms with Crippen molar-refractivity contribution < 1.29 is 0 Å². The molecule has 0 bridgehead atoms. The molecule has 1 heterocycles. The van der Waals surface area contributed by atoms with Crippen LogP contribution in [0.15, 0.2) is 30.3 Å². The molecule has 0 radical (unpaired) electrons. The topological polar surface area (TPSA) is 15.3 Å². The number of hydrogen-bond acceptors (Lipinski definition) is 2. The smallest absolute Gasteiger partial charge is 0.0340 e. The molecule has 0 amide bonds. The van der Waals surface area contributed by atoms with Crippen molar-refractivity contribution in [3.05, 3.63) is 35.9 Å². The minimum Gasteiger partial charge on any atom is -0.385 e. The molecule has 0 saturated carbocycles. The second-order valence-corrected chi connectivity index (χ2v) is 4.35. The molecule has 86 valence electrons. The third kappa shape index (κ3) is 2.64. The average Bonchev–Trinajstić information content (AvgIpc) is 2.32. The van der Waals surface area contributed by atoms with Gasteiger partial charge in [-0.15, -0.1) is 0 Å². The lowest BCUT2D eigenvalue weighted by Gasteiger charge is -2.22. The number of benzene rings is 1. The summed E-state index contributed by atoms with van der Waals surface area (Å²) >= 11 is 0. The van der Waals surface area contributed by atoms with Crippen LogP contribution < -0.4 is 5.32 Å². The molecule has 0 fully saturated rings. The Bertz CT molecular complexity index is 365. The molecule has 2 heteroatoms. The summed E-state index contributed by atoms with van der Waals surface area (Å²) in [5.41, 5.74) is 4.07. The highest BCUT2D eigenvalue weighted by molar-refractivity contribution is 5.68. The Balaban J connectivity index is 2.09. The van der Waals surface area contributed by atoms with Gasteiger partial charge in [-0.25, -0.2) is 0 Å². The summed E-state index contributed by atoms with van der Waals surface area (Å²) in [5.74, 6) is 0. The van der Waals surface area contributed by atoms with E-state index in [2.05, 4.69) is 54.5 Å². The van der Waals surface area contributed by atoms with Crippen LogP contribution in [0.1, 0.15) is 18.9 Å². The third-order valence-electron chi connectivity index (χ3n) is 3.05. The predicted molar refractivity (Wildman–Crippen MR) is 70.7 cm³/mol. The van der Waals surface area contributed by atoms with E-state index < -0.39 is 0 Å². The maximum absolute atomic E-state index is 3.32. The van der Waals surface area contributed by atoms with Crippen molar-refractivity contribution in [2.45, 2.75) is 13.3 Å². The van der Waals surface area contributed by atoms with Crippen LogP contribution in [0.3, 0.4) is 0 Å². The highest BCUT2D eigenvalue weighted by Gasteiger charge is 2.08. The molecule has 16 heavy (non-hydrogen) atoms. The number of nitrogens with one attached hydrogen (secondary N) is 1. The van der Waals surface area contributed by atoms with Crippen LogP contribution in [0.4, 0.5) is 5.69 Å². The first-order chi connectivity index (χ1) is 7.79. The molecule has 1 aromatic carbocycles. The molecule has 0 aromatic heterocycles. The summed E-state index contributed by atoms with van der Waals surface area (Å²) in [7, 11) is 2.17. The summed E-state index contributed by atoms with van der Waals surface area (Å²) in [6, 6.07) is 8.76. The highest BCUT2D eigenvalue weighted by atomic mass is 15.1. The molecule has 1 aliphatic rings. The van der Waals surface area contributed by atoms with E-state index in [1.165, 1.54) is 23.4 Å². The van der Waals surface area contributed by atoms with Gasteiger partial charge in [0.2, 0.25) is 0 Å². The lowest BCUT2D eigenvalue weighted by Crippen LogP contribution is -2.23. The molecule has 0 aliphatic carbocycles. The molecule has 0 unspecified atom stereocenters. The van der Waals surface area contributed by atoms with E-state index in [0.29, 0.717) is 0 Å². The molecular formula is C14H20N2. The monoisotopic (exact) mass is 216 g/mol. The minimum absolute atomic E-state index is 0.979. The molecule has 1 aliphatic heterocycles. The van der Waals surface area contributed by atoms with Gasteiger partial charge in [-0.3, -0.25) is 0 Å². The quantitative estimate of drug-likeness (QED) is 0.835. The van der Waals surface area contributed by atoms with E-state index in [0.717, 1.165) is 19.5 Å². The fourth-order valence-corrected chi connectivity index (χ4v) is 2.04. The van der Waals surface area contributed by atoms with Gasteiger partial charge >= 0.3 is 0 Å². The standard InChI is InChI=1S/C14H20N2/c1-3-15-14-6-4-12(5-7-14)13-8-10-16(2)11-9-13/h4-8,15H,3,9-11H2,1-2H3. The first kappa shape index (κ1) is 11.2. The zero-order valence-corrected chi connectivity index (χ0v) is 10.2. The van der Waals surface area contributed by atoms with Crippen LogP contribution in [-0.2, 0) is 0 Å². The van der Waals surface area contributed by atoms with Crippen molar-refractivity contribution in [2.24, 2.45) is 0 Å². The second kappa shape index (κ2) is 5.17. The van der Waals surface area contributed by atoms with Gasteiger partial charge < -0.3 is 10.2 Å². The first-order valence-electron chi connectivity index (χ1n) is 6.01. The van der Waals surface area contributed by atoms with E-state index in [9.17, 15) is 0 Å². The number of hydrogen-bond donors (Lipinski definition) is 1. The third-order valence-corrected chi connectivity index (χ3v) is 3.05. The Morgan fingerprint density at radius 1 is 1.25 bits per heavy atom. The van der Waals surface area contributed by atoms with Gasteiger partial charge in [-0.2, -0.15) is 0 Å². The van der Waals surface area contributed by atoms with Crippen LogP contribution in [0.5, 0.6) is 0 Å². The zero-order chi connectivity index (χ0) is 11.4. The molecule has 1 aromatic rings. The van der Waals surface area contributed by atoms with Crippen LogP contribution in [0.2, 0.25) is 0 Å². The Labute approximate surface area is 98.0 Å². The Hall–Kier alpha value is -1.28. The van der Waals surface area contributed by atoms with Gasteiger partial charge in [0.1, 0.15) is 0 Å². The molecule has 2 nitrogen and oxygen atoms in total. The predicted octanol–water partition coefficient (Wildman–Crippen LogP) is 2.84. The van der Waals surface area contributed by atoms with Gasteiger partial charge in [0.25, 0.3) is 0 Å². The summed E-state index contributed by atoms with van der Waals surface area (Å²) < 4.78 is 0. The number of likely N-dealkylation sites (N-methyl/N-ethyl adjacent to an activating group) is 1. The second-order valence-electron chi connectivity index (χ2n) is 4.35. The number of rotatable bonds is 3. The Morgan fingerprint density at radius 2 is 2.00 bits per heavy atom. The lowest BCUT2D eigenvalue weighted by molar-refractivity contribution is 0.370. The van der Waals surface area contributed by atoms with Crippen molar-refractivity contribution in [1.82, 2.24) is 4.90 Å². The average molecular weight is 216 g/mol. The lowest BCUT2D eigenvalue weighted by atomic mass is 9.99. The fraction of sp³-hybridized carbons (Fsp3) is 0.429. The molecule has 1 N–H and O–H groups in total. The van der Waals surface area contributed by atoms with E-state index in [1.54, 1.807) is 0 Å². The molecule has 0 spiro atoms. The van der Waals surface area contributed by atoms with Gasteiger partial charge in [0.15, 0.2) is 0 Å². The first-order valence-corrected chi connectivity index (χ1v) is 6.01. The number of anilines is 1. The fourth-order valence-electron chi connectivity index (χ4n) is 2.04. The van der Waals surface area contributed by atoms with Gasteiger partial charge in [0.05, 0.1) is 0 Å². The maximum Gasteiger partial charge on any atom is 0.0340 e. The van der Waals surface area contributed by atoms with Crippen LogP contribution in [0.25, 0.3) is 5.57 Å². The van der Waals surface area contributed by atoms with Crippen LogP contribution >= 0.6 is 0 Å². The van der Waals surface area contributed by atoms with E-state index >= 15 is 0 Å². The van der Waals surface area contributed by atoms with Crippen molar-refractivity contribution >= 4 is 11.3 Å². The summed E-state index contributed by atoms with van der Waals surface area (Å²) in [6.45, 7) is 5.34. The highest BCUT2D eigenvalue weighted by Crippen LogP contribution is 2.23. The van der Waals surface area contributed by atoms with Crippen molar-refractivity contribution in [3.8, 4) is 0 Å². The number of nitrogens with zero attached hydrogens (tertiary/aromatic N) is 1. The van der Waals surface area contributed by atoms with E-state index in [1.807, 2.05) is 0 Å². The minimum atomic E-state index is 0.979.